The van der Waals surface area contributed by atoms with Gasteiger partial charge in [-0.3, -0.25) is 4.40 Å². The Hall–Kier alpha value is -2.34. The van der Waals surface area contributed by atoms with Crippen molar-refractivity contribution in [2.75, 3.05) is 26.2 Å². The molecule has 0 saturated carbocycles. The predicted molar refractivity (Wildman–Crippen MR) is 94.4 cm³/mol. The molecule has 3 rings (SSSR count). The van der Waals surface area contributed by atoms with Gasteiger partial charge in [-0.15, -0.1) is 0 Å². The molecule has 0 aliphatic rings. The highest BCUT2D eigenvalue weighted by Gasteiger charge is 2.18. The zero-order valence-corrected chi connectivity index (χ0v) is 14.5. The van der Waals surface area contributed by atoms with Gasteiger partial charge in [0.2, 0.25) is 5.78 Å². The molecule has 0 bridgehead atoms. The van der Waals surface area contributed by atoms with Crippen molar-refractivity contribution in [1.29, 1.82) is 0 Å². The van der Waals surface area contributed by atoms with Crippen molar-refractivity contribution in [3.05, 3.63) is 36.2 Å². The molecule has 0 amide bonds. The molecule has 24 heavy (non-hydrogen) atoms. The Balaban J connectivity index is 2.05. The van der Waals surface area contributed by atoms with E-state index < -0.39 is 0 Å². The number of nitrogens with zero attached hydrogens (tertiary/aromatic N) is 4. The van der Waals surface area contributed by atoms with Gasteiger partial charge < -0.3 is 14.2 Å². The lowest BCUT2D eigenvalue weighted by Gasteiger charge is -2.18. The van der Waals surface area contributed by atoms with Gasteiger partial charge in [-0.05, 0) is 32.1 Å². The van der Waals surface area contributed by atoms with E-state index in [0.717, 1.165) is 43.0 Å². The molecular formula is C18H24N4O2. The number of hydrogen-bond donors (Lipinski definition) is 0. The number of benzene rings is 1. The quantitative estimate of drug-likeness (QED) is 0.626. The normalized spacial score (nSPS) is 11.7. The number of aromatic nitrogens is 3. The van der Waals surface area contributed by atoms with Crippen LogP contribution in [0.1, 0.15) is 31.3 Å². The summed E-state index contributed by atoms with van der Waals surface area (Å²) in [5.74, 6) is 0.409. The van der Waals surface area contributed by atoms with E-state index >= 15 is 0 Å². The van der Waals surface area contributed by atoms with Gasteiger partial charge in [-0.25, -0.2) is 9.78 Å². The van der Waals surface area contributed by atoms with Gasteiger partial charge in [0.05, 0.1) is 17.6 Å². The van der Waals surface area contributed by atoms with Crippen LogP contribution in [0, 0.1) is 0 Å². The number of carbonyl (C=O) groups is 1. The summed E-state index contributed by atoms with van der Waals surface area (Å²) in [5.41, 5.74) is 2.53. The summed E-state index contributed by atoms with van der Waals surface area (Å²) in [6.07, 6.45) is 1.77. The van der Waals surface area contributed by atoms with Gasteiger partial charge in [0.1, 0.15) is 0 Å². The minimum atomic E-state index is -0.374. The highest BCUT2D eigenvalue weighted by molar-refractivity contribution is 5.89. The Kier molecular flexibility index (Phi) is 4.85. The van der Waals surface area contributed by atoms with Crippen LogP contribution in [0.2, 0.25) is 0 Å². The summed E-state index contributed by atoms with van der Waals surface area (Å²) >= 11 is 0. The fourth-order valence-electron chi connectivity index (χ4n) is 3.05. The van der Waals surface area contributed by atoms with Gasteiger partial charge in [-0.1, -0.05) is 26.0 Å². The molecule has 6 nitrogen and oxygen atoms in total. The second kappa shape index (κ2) is 7.05. The van der Waals surface area contributed by atoms with E-state index in [1.807, 2.05) is 22.6 Å². The summed E-state index contributed by atoms with van der Waals surface area (Å²) in [7, 11) is 0. The second-order valence-corrected chi connectivity index (χ2v) is 5.68. The summed E-state index contributed by atoms with van der Waals surface area (Å²) in [6.45, 7) is 10.3. The van der Waals surface area contributed by atoms with Crippen molar-refractivity contribution in [1.82, 2.24) is 18.9 Å². The summed E-state index contributed by atoms with van der Waals surface area (Å²) < 4.78 is 9.23. The Labute approximate surface area is 141 Å². The van der Waals surface area contributed by atoms with Crippen LogP contribution in [0.5, 0.6) is 0 Å². The Morgan fingerprint density at radius 2 is 1.88 bits per heavy atom. The molecule has 6 heteroatoms. The van der Waals surface area contributed by atoms with E-state index in [-0.39, 0.29) is 5.97 Å². The molecule has 0 aliphatic heterocycles. The molecule has 0 saturated heterocycles. The third-order valence-corrected chi connectivity index (χ3v) is 4.38. The summed E-state index contributed by atoms with van der Waals surface area (Å²) in [4.78, 5) is 18.9. The average Bonchev–Trinajstić information content (AvgIpc) is 3.15. The molecular weight excluding hydrogens is 304 g/mol. The minimum Gasteiger partial charge on any atom is -0.461 e. The van der Waals surface area contributed by atoms with Crippen LogP contribution < -0.4 is 0 Å². The monoisotopic (exact) mass is 328 g/mol. The van der Waals surface area contributed by atoms with E-state index in [2.05, 4.69) is 34.4 Å². The van der Waals surface area contributed by atoms with E-state index in [0.29, 0.717) is 12.3 Å². The number of likely N-dealkylation sites (N-methyl/N-ethyl adjacent to an activating group) is 1. The molecule has 1 aromatic carbocycles. The fraction of sp³-hybridized carbons (Fsp3) is 0.444. The predicted octanol–water partition coefficient (Wildman–Crippen LogP) is 2.81. The number of carbonyl (C=O) groups excluding carboxylic acids is 1. The number of hydrogen-bond acceptors (Lipinski definition) is 4. The standard InChI is InChI=1S/C18H24N4O2/c1-4-20(5-2)11-12-21-15-9-7-8-10-16(15)22-13-14(19-18(21)22)17(23)24-6-3/h7-10,13H,4-6,11-12H2,1-3H3. The smallest absolute Gasteiger partial charge is 0.358 e. The maximum absolute atomic E-state index is 12.0. The Bertz CT molecular complexity index is 845. The number of ether oxygens (including phenoxy) is 1. The molecule has 0 radical (unpaired) electrons. The van der Waals surface area contributed by atoms with Crippen molar-refractivity contribution in [2.24, 2.45) is 0 Å². The Morgan fingerprint density at radius 1 is 1.17 bits per heavy atom. The van der Waals surface area contributed by atoms with Crippen LogP contribution in [0.3, 0.4) is 0 Å². The molecule has 0 N–H and O–H groups in total. The largest absolute Gasteiger partial charge is 0.461 e. The Morgan fingerprint density at radius 3 is 2.54 bits per heavy atom. The highest BCUT2D eigenvalue weighted by atomic mass is 16.5. The first-order valence-electron chi connectivity index (χ1n) is 8.55. The lowest BCUT2D eigenvalue weighted by Crippen LogP contribution is -2.27. The number of fused-ring (bicyclic) bond motifs is 3. The van der Waals surface area contributed by atoms with E-state index in [4.69, 9.17) is 4.74 Å². The molecule has 0 unspecified atom stereocenters. The lowest BCUT2D eigenvalue weighted by atomic mass is 10.3. The highest BCUT2D eigenvalue weighted by Crippen LogP contribution is 2.21. The van der Waals surface area contributed by atoms with Crippen molar-refractivity contribution >= 4 is 22.8 Å². The SMILES string of the molecule is CCOC(=O)c1cn2c3ccccc3n(CCN(CC)CC)c2n1. The van der Waals surface area contributed by atoms with Gasteiger partial charge in [-0.2, -0.15) is 0 Å². The van der Waals surface area contributed by atoms with Crippen molar-refractivity contribution in [2.45, 2.75) is 27.3 Å². The molecule has 0 atom stereocenters. The number of esters is 1. The molecule has 0 fully saturated rings. The number of imidazole rings is 2. The first-order chi connectivity index (χ1) is 11.7. The van der Waals surface area contributed by atoms with Crippen LogP contribution >= 0.6 is 0 Å². The van der Waals surface area contributed by atoms with Crippen molar-refractivity contribution in [3.63, 3.8) is 0 Å². The van der Waals surface area contributed by atoms with E-state index in [1.165, 1.54) is 0 Å². The maximum Gasteiger partial charge on any atom is 0.358 e. The topological polar surface area (TPSA) is 51.8 Å². The van der Waals surface area contributed by atoms with Gasteiger partial charge >= 0.3 is 5.97 Å². The fourth-order valence-corrected chi connectivity index (χ4v) is 3.05. The molecule has 0 spiro atoms. The van der Waals surface area contributed by atoms with Crippen molar-refractivity contribution < 1.29 is 9.53 Å². The van der Waals surface area contributed by atoms with Crippen LogP contribution in [0.4, 0.5) is 0 Å². The van der Waals surface area contributed by atoms with Crippen LogP contribution in [0.15, 0.2) is 30.5 Å². The summed E-state index contributed by atoms with van der Waals surface area (Å²) in [5, 5.41) is 0. The van der Waals surface area contributed by atoms with Gasteiger partial charge in [0, 0.05) is 19.3 Å². The van der Waals surface area contributed by atoms with Crippen LogP contribution in [0.25, 0.3) is 16.8 Å². The molecule has 3 aromatic rings. The van der Waals surface area contributed by atoms with Crippen LogP contribution in [-0.2, 0) is 11.3 Å². The zero-order chi connectivity index (χ0) is 17.1. The first kappa shape index (κ1) is 16.5. The third kappa shape index (κ3) is 2.89. The lowest BCUT2D eigenvalue weighted by molar-refractivity contribution is 0.0520. The number of para-hydroxylation sites is 2. The second-order valence-electron chi connectivity index (χ2n) is 5.68. The zero-order valence-electron chi connectivity index (χ0n) is 14.5. The minimum absolute atomic E-state index is 0.350. The maximum atomic E-state index is 12.0. The van der Waals surface area contributed by atoms with E-state index in [1.54, 1.807) is 13.1 Å². The molecule has 128 valence electrons. The van der Waals surface area contributed by atoms with Gasteiger partial charge in [0.15, 0.2) is 5.69 Å². The van der Waals surface area contributed by atoms with Crippen LogP contribution in [-0.4, -0.2) is 51.1 Å². The molecule has 2 aromatic heterocycles. The first-order valence-corrected chi connectivity index (χ1v) is 8.55. The van der Waals surface area contributed by atoms with Gasteiger partial charge in [0.25, 0.3) is 0 Å². The molecule has 2 heterocycles. The average molecular weight is 328 g/mol. The summed E-state index contributed by atoms with van der Waals surface area (Å²) in [6, 6.07) is 8.17. The third-order valence-electron chi connectivity index (χ3n) is 4.38. The number of rotatable bonds is 7. The van der Waals surface area contributed by atoms with E-state index in [9.17, 15) is 4.79 Å². The van der Waals surface area contributed by atoms with Crippen molar-refractivity contribution in [3.8, 4) is 0 Å². The molecule has 0 aliphatic carbocycles.